The molecule has 0 radical (unpaired) electrons. The molecule has 2 rings (SSSR count). The van der Waals surface area contributed by atoms with E-state index in [1.165, 1.54) is 30.6 Å². The predicted molar refractivity (Wildman–Crippen MR) is 103 cm³/mol. The van der Waals surface area contributed by atoms with Gasteiger partial charge in [0.2, 0.25) is 0 Å². The Kier molecular flexibility index (Phi) is 8.22. The summed E-state index contributed by atoms with van der Waals surface area (Å²) in [6.45, 7) is 23.1. The van der Waals surface area contributed by atoms with Crippen molar-refractivity contribution in [1.82, 2.24) is 0 Å². The molecule has 1 aromatic rings. The van der Waals surface area contributed by atoms with E-state index in [0.717, 1.165) is 0 Å². The topological polar surface area (TPSA) is 3.24 Å². The Hall–Kier alpha value is -0.980. The molecule has 1 nitrogen and oxygen atoms in total. The molecule has 0 aromatic heterocycles. The molecule has 22 heavy (non-hydrogen) atoms. The fraction of sp³-hybridized carbons (Fsp3) is 0.714. The first kappa shape index (κ1) is 21.0. The molecule has 0 saturated heterocycles. The standard InChI is InChI=1S/C17H27N.2C2H6/c1-16(2,3)14-10-7-11-15-13(14)9-8-12-18(15)17(4,5)6;2*1-2/h7,10-11H,8-9,12H2,1-6H3;2*1-2H3. The molecule has 0 spiro atoms. The molecule has 0 bridgehead atoms. The maximum absolute atomic E-state index is 2.57. The van der Waals surface area contributed by atoms with Crippen LogP contribution in [0.4, 0.5) is 5.69 Å². The van der Waals surface area contributed by atoms with Crippen molar-refractivity contribution in [3.05, 3.63) is 29.3 Å². The summed E-state index contributed by atoms with van der Waals surface area (Å²) in [5, 5.41) is 0. The van der Waals surface area contributed by atoms with Gasteiger partial charge in [-0.05, 0) is 56.2 Å². The number of rotatable bonds is 0. The van der Waals surface area contributed by atoms with E-state index < -0.39 is 0 Å². The third-order valence-electron chi connectivity index (χ3n) is 3.87. The first-order valence-electron chi connectivity index (χ1n) is 9.11. The Labute approximate surface area is 140 Å². The smallest absolute Gasteiger partial charge is 0.0406 e. The molecule has 0 atom stereocenters. The zero-order valence-corrected chi connectivity index (χ0v) is 16.8. The van der Waals surface area contributed by atoms with Crippen LogP contribution < -0.4 is 4.90 Å². The Morgan fingerprint density at radius 3 is 1.86 bits per heavy atom. The Balaban J connectivity index is 0.00000102. The Bertz CT molecular complexity index is 432. The molecular formula is C21H39N. The highest BCUT2D eigenvalue weighted by Crippen LogP contribution is 2.38. The van der Waals surface area contributed by atoms with Crippen LogP contribution in [0.5, 0.6) is 0 Å². The highest BCUT2D eigenvalue weighted by molar-refractivity contribution is 5.61. The van der Waals surface area contributed by atoms with Gasteiger partial charge in [0.05, 0.1) is 0 Å². The number of nitrogens with zero attached hydrogens (tertiary/aromatic N) is 1. The summed E-state index contributed by atoms with van der Waals surface area (Å²) in [7, 11) is 0. The minimum Gasteiger partial charge on any atom is -0.366 e. The van der Waals surface area contributed by atoms with Crippen LogP contribution in [0.15, 0.2) is 18.2 Å². The van der Waals surface area contributed by atoms with Gasteiger partial charge in [0.15, 0.2) is 0 Å². The van der Waals surface area contributed by atoms with E-state index in [4.69, 9.17) is 0 Å². The summed E-state index contributed by atoms with van der Waals surface area (Å²) in [5.41, 5.74) is 5.01. The third kappa shape index (κ3) is 5.04. The van der Waals surface area contributed by atoms with Crippen LogP contribution in [0.3, 0.4) is 0 Å². The van der Waals surface area contributed by atoms with Crippen molar-refractivity contribution in [2.24, 2.45) is 0 Å². The zero-order valence-electron chi connectivity index (χ0n) is 16.8. The molecule has 0 amide bonds. The van der Waals surface area contributed by atoms with Gasteiger partial charge in [0, 0.05) is 17.8 Å². The molecule has 1 aliphatic rings. The lowest BCUT2D eigenvalue weighted by Crippen LogP contribution is -2.45. The van der Waals surface area contributed by atoms with E-state index in [-0.39, 0.29) is 11.0 Å². The van der Waals surface area contributed by atoms with Crippen molar-refractivity contribution >= 4 is 5.69 Å². The van der Waals surface area contributed by atoms with Crippen LogP contribution in [-0.2, 0) is 11.8 Å². The highest BCUT2D eigenvalue weighted by Gasteiger charge is 2.29. The molecule has 1 heterocycles. The Morgan fingerprint density at radius 1 is 0.864 bits per heavy atom. The molecule has 128 valence electrons. The highest BCUT2D eigenvalue weighted by atomic mass is 15.2. The summed E-state index contributed by atoms with van der Waals surface area (Å²) >= 11 is 0. The fourth-order valence-electron chi connectivity index (χ4n) is 3.02. The second-order valence-corrected chi connectivity index (χ2v) is 7.48. The predicted octanol–water partition coefficient (Wildman–Crippen LogP) is 6.59. The molecule has 1 aromatic carbocycles. The van der Waals surface area contributed by atoms with Crippen LogP contribution in [-0.4, -0.2) is 12.1 Å². The van der Waals surface area contributed by atoms with Crippen LogP contribution in [0.25, 0.3) is 0 Å². The van der Waals surface area contributed by atoms with Crippen molar-refractivity contribution in [3.8, 4) is 0 Å². The monoisotopic (exact) mass is 305 g/mol. The molecule has 1 heteroatoms. The minimum atomic E-state index is 0.214. The Morgan fingerprint density at radius 2 is 1.41 bits per heavy atom. The lowest BCUT2D eigenvalue weighted by atomic mass is 9.80. The van der Waals surface area contributed by atoms with E-state index in [2.05, 4.69) is 64.6 Å². The number of benzene rings is 1. The quantitative estimate of drug-likeness (QED) is 0.522. The molecule has 0 saturated carbocycles. The second kappa shape index (κ2) is 8.60. The number of anilines is 1. The molecule has 1 aliphatic heterocycles. The van der Waals surface area contributed by atoms with E-state index >= 15 is 0 Å². The molecule has 0 fully saturated rings. The average Bonchev–Trinajstić information content (AvgIpc) is 2.48. The first-order chi connectivity index (χ1) is 10.2. The largest absolute Gasteiger partial charge is 0.366 e. The van der Waals surface area contributed by atoms with E-state index in [1.807, 2.05) is 27.7 Å². The second-order valence-electron chi connectivity index (χ2n) is 7.48. The minimum absolute atomic E-state index is 0.214. The molecule has 0 unspecified atom stereocenters. The van der Waals surface area contributed by atoms with Crippen LogP contribution in [0.2, 0.25) is 0 Å². The summed E-state index contributed by atoms with van der Waals surface area (Å²) in [6.07, 6.45) is 2.51. The summed E-state index contributed by atoms with van der Waals surface area (Å²) in [4.78, 5) is 2.57. The van der Waals surface area contributed by atoms with E-state index in [9.17, 15) is 0 Å². The van der Waals surface area contributed by atoms with Crippen LogP contribution >= 0.6 is 0 Å². The lowest BCUT2D eigenvalue weighted by Gasteiger charge is -2.43. The summed E-state index contributed by atoms with van der Waals surface area (Å²) < 4.78 is 0. The zero-order chi connectivity index (χ0) is 17.6. The number of hydrogen-bond acceptors (Lipinski definition) is 1. The summed E-state index contributed by atoms with van der Waals surface area (Å²) in [5.74, 6) is 0. The van der Waals surface area contributed by atoms with Gasteiger partial charge < -0.3 is 4.90 Å². The lowest BCUT2D eigenvalue weighted by molar-refractivity contribution is 0.478. The van der Waals surface area contributed by atoms with Crippen molar-refractivity contribution in [1.29, 1.82) is 0 Å². The van der Waals surface area contributed by atoms with Crippen molar-refractivity contribution in [3.63, 3.8) is 0 Å². The average molecular weight is 306 g/mol. The third-order valence-corrected chi connectivity index (χ3v) is 3.87. The SMILES string of the molecule is CC.CC.CC(C)(C)c1cccc2c1CCCN2C(C)(C)C. The molecule has 0 aliphatic carbocycles. The maximum atomic E-state index is 2.57. The van der Waals surface area contributed by atoms with Crippen LogP contribution in [0.1, 0.15) is 86.8 Å². The van der Waals surface area contributed by atoms with Gasteiger partial charge in [-0.3, -0.25) is 0 Å². The van der Waals surface area contributed by atoms with E-state index in [1.54, 1.807) is 5.56 Å². The van der Waals surface area contributed by atoms with Gasteiger partial charge in [-0.15, -0.1) is 0 Å². The van der Waals surface area contributed by atoms with Crippen molar-refractivity contribution < 1.29 is 0 Å². The fourth-order valence-corrected chi connectivity index (χ4v) is 3.02. The van der Waals surface area contributed by atoms with Crippen molar-refractivity contribution in [2.75, 3.05) is 11.4 Å². The van der Waals surface area contributed by atoms with E-state index in [0.29, 0.717) is 0 Å². The van der Waals surface area contributed by atoms with Gasteiger partial charge in [0.25, 0.3) is 0 Å². The number of hydrogen-bond donors (Lipinski definition) is 0. The maximum Gasteiger partial charge on any atom is 0.0406 e. The van der Waals surface area contributed by atoms with Crippen LogP contribution in [0, 0.1) is 0 Å². The van der Waals surface area contributed by atoms with Gasteiger partial charge >= 0.3 is 0 Å². The van der Waals surface area contributed by atoms with Gasteiger partial charge in [-0.1, -0.05) is 60.6 Å². The van der Waals surface area contributed by atoms with Gasteiger partial charge in [0.1, 0.15) is 0 Å². The van der Waals surface area contributed by atoms with Gasteiger partial charge in [-0.25, -0.2) is 0 Å². The molecule has 0 N–H and O–H groups in total. The molecular weight excluding hydrogens is 266 g/mol. The normalized spacial score (nSPS) is 14.2. The summed E-state index contributed by atoms with van der Waals surface area (Å²) in [6, 6.07) is 6.84. The first-order valence-corrected chi connectivity index (χ1v) is 9.11. The van der Waals surface area contributed by atoms with Gasteiger partial charge in [-0.2, -0.15) is 0 Å². The number of fused-ring (bicyclic) bond motifs is 1. The van der Waals surface area contributed by atoms with Crippen molar-refractivity contribution in [2.45, 2.75) is 93.0 Å².